The second-order valence-electron chi connectivity index (χ2n) is 13.6. The van der Waals surface area contributed by atoms with Gasteiger partial charge in [-0.15, -0.1) is 0 Å². The Balaban J connectivity index is 1.37. The van der Waals surface area contributed by atoms with Crippen molar-refractivity contribution in [1.29, 1.82) is 5.26 Å². The largest absolute Gasteiger partial charge is 0.453 e. The van der Waals surface area contributed by atoms with Crippen LogP contribution in [0, 0.1) is 17.1 Å². The van der Waals surface area contributed by atoms with Gasteiger partial charge in [0.15, 0.2) is 11.6 Å². The van der Waals surface area contributed by atoms with Crippen molar-refractivity contribution in [3.8, 4) is 23.3 Å². The normalized spacial score (nSPS) is 14.1. The molecule has 0 spiro atoms. The number of fused-ring (bicyclic) bond motifs is 1. The monoisotopic (exact) mass is 707 g/mol. The molecule has 4 aromatic rings. The highest BCUT2D eigenvalue weighted by atomic mass is 32.2. The van der Waals surface area contributed by atoms with Crippen LogP contribution in [0.1, 0.15) is 47.1 Å². The fourth-order valence-corrected chi connectivity index (χ4v) is 6.21. The molecule has 1 saturated heterocycles. The lowest BCUT2D eigenvalue weighted by atomic mass is 10.1. The van der Waals surface area contributed by atoms with Gasteiger partial charge >= 0.3 is 16.3 Å². The zero-order valence-electron chi connectivity index (χ0n) is 28.8. The highest BCUT2D eigenvalue weighted by Crippen LogP contribution is 2.34. The smallest absolute Gasteiger partial charge is 0.410 e. The quantitative estimate of drug-likeness (QED) is 0.288. The van der Waals surface area contributed by atoms with E-state index in [-0.39, 0.29) is 28.5 Å². The molecule has 0 radical (unpaired) electrons. The average Bonchev–Trinajstić information content (AvgIpc) is 3.05. The van der Waals surface area contributed by atoms with E-state index in [0.717, 1.165) is 16.4 Å². The SMILES string of the molecule is CN(C(C)(C)C)S(=O)(=O)Nc1ccc(F)c(Oc2ccc3ncn(-c4cnc(N5CCN(C(=O)OC(C)(C)C)CC5)nc4)c(=O)c3c2)c1C#N. The number of amides is 1. The summed E-state index contributed by atoms with van der Waals surface area (Å²) < 4.78 is 56.9. The molecular formula is C33H38FN9O6S. The number of carbonyl (C=O) groups is 1. The molecule has 1 aliphatic rings. The van der Waals surface area contributed by atoms with E-state index < -0.39 is 38.5 Å². The van der Waals surface area contributed by atoms with Crippen molar-refractivity contribution in [2.45, 2.75) is 52.7 Å². The van der Waals surface area contributed by atoms with Crippen molar-refractivity contribution in [2.24, 2.45) is 0 Å². The maximum atomic E-state index is 15.1. The van der Waals surface area contributed by atoms with E-state index in [0.29, 0.717) is 43.3 Å². The van der Waals surface area contributed by atoms with Gasteiger partial charge in [-0.25, -0.2) is 24.1 Å². The van der Waals surface area contributed by atoms with Crippen LogP contribution in [0.5, 0.6) is 11.5 Å². The van der Waals surface area contributed by atoms with Crippen LogP contribution in [0.4, 0.5) is 20.8 Å². The molecule has 2 aromatic carbocycles. The van der Waals surface area contributed by atoms with Gasteiger partial charge in [0.2, 0.25) is 5.95 Å². The van der Waals surface area contributed by atoms with Gasteiger partial charge in [-0.2, -0.15) is 18.0 Å². The summed E-state index contributed by atoms with van der Waals surface area (Å²) in [6.45, 7) is 12.4. The van der Waals surface area contributed by atoms with Gasteiger partial charge < -0.3 is 19.3 Å². The summed E-state index contributed by atoms with van der Waals surface area (Å²) in [6.07, 6.45) is 3.92. The molecule has 1 aliphatic heterocycles. The van der Waals surface area contributed by atoms with Crippen molar-refractivity contribution in [1.82, 2.24) is 28.7 Å². The van der Waals surface area contributed by atoms with Crippen molar-refractivity contribution < 1.29 is 27.1 Å². The van der Waals surface area contributed by atoms with E-state index >= 15 is 4.39 Å². The lowest BCUT2D eigenvalue weighted by Gasteiger charge is -2.35. The second-order valence-corrected chi connectivity index (χ2v) is 15.3. The minimum absolute atomic E-state index is 0.00786. The van der Waals surface area contributed by atoms with Gasteiger partial charge in [-0.1, -0.05) is 0 Å². The zero-order valence-corrected chi connectivity index (χ0v) is 29.6. The van der Waals surface area contributed by atoms with Crippen LogP contribution in [-0.4, -0.2) is 87.6 Å². The predicted molar refractivity (Wildman–Crippen MR) is 184 cm³/mol. The number of rotatable bonds is 7. The van der Waals surface area contributed by atoms with Crippen LogP contribution >= 0.6 is 0 Å². The number of nitrogens with one attached hydrogen (secondary N) is 1. The van der Waals surface area contributed by atoms with Crippen molar-refractivity contribution in [2.75, 3.05) is 42.8 Å². The van der Waals surface area contributed by atoms with Gasteiger partial charge in [-0.05, 0) is 71.9 Å². The molecule has 0 atom stereocenters. The van der Waals surface area contributed by atoms with E-state index in [1.54, 1.807) is 25.7 Å². The maximum absolute atomic E-state index is 15.1. The number of ether oxygens (including phenoxy) is 2. The van der Waals surface area contributed by atoms with Crippen LogP contribution in [-0.2, 0) is 14.9 Å². The first-order chi connectivity index (χ1) is 23.4. The molecule has 1 amide bonds. The average molecular weight is 708 g/mol. The number of nitriles is 1. The molecule has 264 valence electrons. The van der Waals surface area contributed by atoms with Crippen molar-refractivity contribution >= 4 is 38.8 Å². The standard InChI is InChI=1S/C33H38FN9O6S/c1-32(2,3)40(7)50(46,47)39-27-11-9-25(34)28(24(27)17-35)48-22-8-10-26-23(16-22)29(44)43(20-38-26)21-18-36-30(37-19-21)41-12-14-42(15-13-41)31(45)49-33(4,5)6/h8-11,16,18-20,39H,12-15H2,1-7H3. The summed E-state index contributed by atoms with van der Waals surface area (Å²) in [6, 6.07) is 8.23. The Kier molecular flexibility index (Phi) is 9.72. The summed E-state index contributed by atoms with van der Waals surface area (Å²) >= 11 is 0. The van der Waals surface area contributed by atoms with Crippen LogP contribution in [0.25, 0.3) is 16.6 Å². The molecule has 3 heterocycles. The third-order valence-corrected chi connectivity index (χ3v) is 9.58. The summed E-state index contributed by atoms with van der Waals surface area (Å²) in [4.78, 5) is 42.8. The number of aromatic nitrogens is 4. The van der Waals surface area contributed by atoms with E-state index in [4.69, 9.17) is 9.47 Å². The number of hydrogen-bond donors (Lipinski definition) is 1. The Morgan fingerprint density at radius 2 is 1.68 bits per heavy atom. The number of hydrogen-bond acceptors (Lipinski definition) is 11. The van der Waals surface area contributed by atoms with E-state index in [2.05, 4.69) is 19.7 Å². The maximum Gasteiger partial charge on any atom is 0.410 e. The topological polar surface area (TPSA) is 176 Å². The van der Waals surface area contributed by atoms with Gasteiger partial charge in [0, 0.05) is 38.8 Å². The van der Waals surface area contributed by atoms with E-state index in [9.17, 15) is 23.3 Å². The van der Waals surface area contributed by atoms with Crippen LogP contribution < -0.4 is 19.9 Å². The summed E-state index contributed by atoms with van der Waals surface area (Å²) in [5.41, 5.74) is -1.76. The predicted octanol–water partition coefficient (Wildman–Crippen LogP) is 4.42. The number of carbonyl (C=O) groups excluding carboxylic acids is 1. The summed E-state index contributed by atoms with van der Waals surface area (Å²) in [7, 11) is -2.74. The number of halogens is 1. The lowest BCUT2D eigenvalue weighted by molar-refractivity contribution is 0.0240. The minimum Gasteiger partial charge on any atom is -0.453 e. The molecule has 50 heavy (non-hydrogen) atoms. The fraction of sp³-hybridized carbons (Fsp3) is 0.394. The first-order valence-electron chi connectivity index (χ1n) is 15.6. The van der Waals surface area contributed by atoms with E-state index in [1.165, 1.54) is 48.5 Å². The number of piperazine rings is 1. The van der Waals surface area contributed by atoms with Crippen LogP contribution in [0.15, 0.2) is 53.8 Å². The summed E-state index contributed by atoms with van der Waals surface area (Å²) in [5, 5.41) is 10.0. The number of benzene rings is 2. The molecule has 0 unspecified atom stereocenters. The molecule has 15 nitrogen and oxygen atoms in total. The zero-order chi connectivity index (χ0) is 36.6. The molecule has 0 bridgehead atoms. The third-order valence-electron chi connectivity index (χ3n) is 7.83. The molecule has 1 N–H and O–H groups in total. The molecule has 2 aromatic heterocycles. The van der Waals surface area contributed by atoms with E-state index in [1.807, 2.05) is 31.7 Å². The third kappa shape index (κ3) is 7.76. The lowest BCUT2D eigenvalue weighted by Crippen LogP contribution is -2.50. The summed E-state index contributed by atoms with van der Waals surface area (Å²) in [5.74, 6) is -1.00. The number of anilines is 2. The van der Waals surface area contributed by atoms with Gasteiger partial charge in [0.25, 0.3) is 5.56 Å². The Labute approximate surface area is 289 Å². The highest BCUT2D eigenvalue weighted by molar-refractivity contribution is 7.90. The van der Waals surface area contributed by atoms with Crippen molar-refractivity contribution in [3.05, 3.63) is 70.8 Å². The Morgan fingerprint density at radius 3 is 2.28 bits per heavy atom. The van der Waals surface area contributed by atoms with Crippen molar-refractivity contribution in [3.63, 3.8) is 0 Å². The van der Waals surface area contributed by atoms with Crippen LogP contribution in [0.3, 0.4) is 0 Å². The molecule has 1 fully saturated rings. The number of nitrogens with zero attached hydrogens (tertiary/aromatic N) is 8. The Bertz CT molecular complexity index is 2130. The molecule has 5 rings (SSSR count). The van der Waals surface area contributed by atoms with Gasteiger partial charge in [-0.3, -0.25) is 14.1 Å². The second kappa shape index (κ2) is 13.5. The Hall–Kier alpha value is -5.34. The first kappa shape index (κ1) is 36.0. The molecule has 17 heteroatoms. The molecule has 0 aliphatic carbocycles. The molecular weight excluding hydrogens is 669 g/mol. The van der Waals surface area contributed by atoms with Gasteiger partial charge in [0.1, 0.15) is 29.3 Å². The van der Waals surface area contributed by atoms with Gasteiger partial charge in [0.05, 0.1) is 34.7 Å². The highest BCUT2D eigenvalue weighted by Gasteiger charge is 2.31. The first-order valence-corrected chi connectivity index (χ1v) is 17.1. The fourth-order valence-electron chi connectivity index (χ4n) is 4.91. The van der Waals surface area contributed by atoms with Crippen LogP contribution in [0.2, 0.25) is 0 Å². The Morgan fingerprint density at radius 1 is 1.02 bits per heavy atom. The minimum atomic E-state index is -4.12. The molecule has 0 saturated carbocycles.